The number of rotatable bonds is 6. The van der Waals surface area contributed by atoms with Crippen LogP contribution in [0.3, 0.4) is 0 Å². The molecule has 0 amide bonds. The van der Waals surface area contributed by atoms with Crippen LogP contribution in [0, 0.1) is 0 Å². The summed E-state index contributed by atoms with van der Waals surface area (Å²) in [6.07, 6.45) is 0. The van der Waals surface area contributed by atoms with E-state index in [1.165, 1.54) is 0 Å². The van der Waals surface area contributed by atoms with Crippen LogP contribution in [0.4, 0.5) is 0 Å². The van der Waals surface area contributed by atoms with Gasteiger partial charge in [0.25, 0.3) is 0 Å². The predicted octanol–water partition coefficient (Wildman–Crippen LogP) is 11.2. The van der Waals surface area contributed by atoms with Crippen LogP contribution in [0.15, 0.2) is 170 Å². The molecule has 0 saturated heterocycles. The molecule has 286 valence electrons. The van der Waals surface area contributed by atoms with Crippen molar-refractivity contribution in [3.63, 3.8) is 0 Å². The fourth-order valence-electron chi connectivity index (χ4n) is 5.67. The van der Waals surface area contributed by atoms with Crippen LogP contribution in [0.25, 0.3) is 67.8 Å². The van der Waals surface area contributed by atoms with Crippen LogP contribution >= 0.6 is 18.8 Å². The summed E-state index contributed by atoms with van der Waals surface area (Å²) in [5.74, 6) is 0.752. The van der Waals surface area contributed by atoms with Crippen LogP contribution in [-0.4, -0.2) is 40.4 Å². The maximum atomic E-state index is 10.1. The van der Waals surface area contributed by atoms with E-state index in [2.05, 4.69) is 19.9 Å². The second-order valence-corrected chi connectivity index (χ2v) is 15.0. The Hall–Kier alpha value is -5.36. The molecule has 56 heavy (non-hydrogen) atoms. The molecule has 4 N–H and O–H groups in total. The first-order chi connectivity index (χ1) is 26.9. The molecule has 8 aromatic rings. The van der Waals surface area contributed by atoms with E-state index in [-0.39, 0.29) is 44.1 Å². The van der Waals surface area contributed by atoms with Gasteiger partial charge in [-0.3, -0.25) is 0 Å². The van der Waals surface area contributed by atoms with Gasteiger partial charge in [0.2, 0.25) is 0 Å². The third kappa shape index (κ3) is 10.5. The summed E-state index contributed by atoms with van der Waals surface area (Å²) in [7, 11) is 9.75. The van der Waals surface area contributed by atoms with Gasteiger partial charge >= 0.3 is 35.3 Å². The Morgan fingerprint density at radius 1 is 0.286 bits per heavy atom. The Morgan fingerprint density at radius 2 is 0.464 bits per heavy atom. The van der Waals surface area contributed by atoms with Gasteiger partial charge in [-0.05, 0) is 97.1 Å². The monoisotopic (exact) mass is 1140 g/mol. The molecule has 0 aliphatic heterocycles. The van der Waals surface area contributed by atoms with Gasteiger partial charge in [0, 0.05) is 43.3 Å². The zero-order chi connectivity index (χ0) is 38.6. The number of para-hydroxylation sites is 4. The largest absolute Gasteiger partial charge is 0 e. The molecular formula is C44H32Cl2N4O4Pt2. The molecule has 0 unspecified atom stereocenters. The zero-order valence-corrected chi connectivity index (χ0v) is 35.2. The molecule has 0 aliphatic rings. The van der Waals surface area contributed by atoms with E-state index in [4.69, 9.17) is 18.8 Å². The second-order valence-electron chi connectivity index (χ2n) is 11.7. The van der Waals surface area contributed by atoms with Gasteiger partial charge in [0.1, 0.15) is 23.0 Å². The average molecular weight is 1140 g/mol. The first-order valence-corrected chi connectivity index (χ1v) is 22.3. The van der Waals surface area contributed by atoms with E-state index in [0.29, 0.717) is 67.8 Å². The molecule has 0 spiro atoms. The standard InChI is InChI=1S/2C22H16N2O2.2ClH.2Pt/c2*25-21-13-3-1-7-15(21)17-9-5-11-19(23-17)20-12-6-10-18(24-20)16-8-2-4-14-22(16)26;;;;/h2*1-14,25-26H;2*1H;;/q;;;;;+2/p-2. The Kier molecular flexibility index (Phi) is 15.3. The molecule has 8 rings (SSSR count). The number of hydrogen-bond acceptors (Lipinski definition) is 8. The Bertz CT molecular complexity index is 2200. The van der Waals surface area contributed by atoms with Gasteiger partial charge in [-0.25, -0.2) is 19.9 Å². The Labute approximate surface area is 354 Å². The third-order valence-corrected chi connectivity index (χ3v) is 8.24. The van der Waals surface area contributed by atoms with E-state index in [1.54, 1.807) is 48.5 Å². The quantitative estimate of drug-likeness (QED) is 0.129. The average Bonchev–Trinajstić information content (AvgIpc) is 3.22. The fraction of sp³-hybridized carbons (Fsp3) is 0. The van der Waals surface area contributed by atoms with E-state index in [9.17, 15) is 20.4 Å². The number of nitrogens with zero attached hydrogens (tertiary/aromatic N) is 4. The molecule has 0 radical (unpaired) electrons. The van der Waals surface area contributed by atoms with Crippen molar-refractivity contribution in [2.45, 2.75) is 0 Å². The van der Waals surface area contributed by atoms with Crippen molar-refractivity contribution in [3.8, 4) is 90.8 Å². The number of aromatic hydroxyl groups is 4. The molecule has 4 heterocycles. The number of phenols is 4. The molecule has 0 saturated carbocycles. The van der Waals surface area contributed by atoms with Gasteiger partial charge < -0.3 is 20.4 Å². The number of phenolic OH excluding ortho intramolecular Hbond substituents is 4. The van der Waals surface area contributed by atoms with Crippen molar-refractivity contribution >= 4 is 18.8 Å². The molecule has 0 atom stereocenters. The van der Waals surface area contributed by atoms with Crippen molar-refractivity contribution in [3.05, 3.63) is 170 Å². The molecule has 12 heteroatoms. The molecule has 0 fully saturated rings. The summed E-state index contributed by atoms with van der Waals surface area (Å²) >= 11 is -0.472. The smallest absolute Gasteiger partial charge is 0 e. The minimum atomic E-state index is -0.472. The van der Waals surface area contributed by atoms with E-state index < -0.39 is 16.5 Å². The zero-order valence-electron chi connectivity index (χ0n) is 29.1. The maximum Gasteiger partial charge on any atom is 0 e. The second kappa shape index (κ2) is 20.5. The number of halogens is 2. The molecule has 0 bridgehead atoms. The van der Waals surface area contributed by atoms with Crippen molar-refractivity contribution < 1.29 is 58.0 Å². The summed E-state index contributed by atoms with van der Waals surface area (Å²) in [5.41, 5.74) is 8.18. The Morgan fingerprint density at radius 3 is 0.661 bits per heavy atom. The van der Waals surface area contributed by atoms with Crippen LogP contribution in [0.2, 0.25) is 0 Å². The Balaban J connectivity index is 0.000000197. The first-order valence-electron chi connectivity index (χ1n) is 16.7. The number of benzene rings is 4. The summed E-state index contributed by atoms with van der Waals surface area (Å²) < 4.78 is 0. The van der Waals surface area contributed by atoms with Gasteiger partial charge in [0.15, 0.2) is 0 Å². The van der Waals surface area contributed by atoms with Crippen LogP contribution in [0.5, 0.6) is 23.0 Å². The van der Waals surface area contributed by atoms with Crippen molar-refractivity contribution in [2.24, 2.45) is 0 Å². The first kappa shape index (κ1) is 41.8. The van der Waals surface area contributed by atoms with Crippen molar-refractivity contribution in [2.75, 3.05) is 0 Å². The SMILES string of the molecule is Oc1ccccc1-c1cccc(-c2cccc(-c3ccccc3O)n2)n1.Oc1ccccc1-c1cccc(-c2cccc(-c3ccccc3O)n2)n1.[Cl][Pt][Cl].[Pt]. The molecule has 4 aromatic carbocycles. The van der Waals surface area contributed by atoms with Gasteiger partial charge in [-0.1, -0.05) is 72.8 Å². The van der Waals surface area contributed by atoms with E-state index >= 15 is 0 Å². The van der Waals surface area contributed by atoms with Gasteiger partial charge in [0.05, 0.1) is 45.6 Å². The van der Waals surface area contributed by atoms with Gasteiger partial charge in [-0.15, -0.1) is 0 Å². The normalized spacial score (nSPS) is 10.2. The molecule has 8 nitrogen and oxygen atoms in total. The number of pyridine rings is 4. The summed E-state index contributed by atoms with van der Waals surface area (Å²) in [5, 5.41) is 40.3. The van der Waals surface area contributed by atoms with E-state index in [1.807, 2.05) is 121 Å². The van der Waals surface area contributed by atoms with Crippen LogP contribution < -0.4 is 0 Å². The topological polar surface area (TPSA) is 132 Å². The van der Waals surface area contributed by atoms with Crippen molar-refractivity contribution in [1.29, 1.82) is 0 Å². The molecular weight excluding hydrogens is 1110 g/mol. The van der Waals surface area contributed by atoms with E-state index in [0.717, 1.165) is 0 Å². The van der Waals surface area contributed by atoms with Gasteiger partial charge in [-0.2, -0.15) is 0 Å². The fourth-order valence-corrected chi connectivity index (χ4v) is 5.67. The maximum absolute atomic E-state index is 10.1. The van der Waals surface area contributed by atoms with Crippen LogP contribution in [0.1, 0.15) is 0 Å². The summed E-state index contributed by atoms with van der Waals surface area (Å²) in [4.78, 5) is 18.6. The number of hydrogen-bond donors (Lipinski definition) is 4. The minimum absolute atomic E-state index is 0. The molecule has 0 aliphatic carbocycles. The predicted molar refractivity (Wildman–Crippen MR) is 215 cm³/mol. The third-order valence-electron chi connectivity index (χ3n) is 8.24. The summed E-state index contributed by atoms with van der Waals surface area (Å²) in [6, 6.07) is 50.9. The molecule has 4 aromatic heterocycles. The number of aromatic nitrogens is 4. The minimum Gasteiger partial charge on any atom is 0 e. The summed E-state index contributed by atoms with van der Waals surface area (Å²) in [6.45, 7) is 0. The van der Waals surface area contributed by atoms with Crippen molar-refractivity contribution in [1.82, 2.24) is 19.9 Å². The van der Waals surface area contributed by atoms with Crippen LogP contribution in [-0.2, 0) is 37.5 Å².